The lowest BCUT2D eigenvalue weighted by Gasteiger charge is -2.22. The SMILES string of the molecule is CCCC[C@@H](C=O)NC(=O)[C@H](C)NC(=O)[C@H](Cc1ccccc1)NC(=O)c1ccc(Cl)cc1. The maximum atomic E-state index is 13.0. The van der Waals surface area contributed by atoms with Crippen LogP contribution in [0.15, 0.2) is 54.6 Å². The molecule has 7 nitrogen and oxygen atoms in total. The predicted molar refractivity (Wildman–Crippen MR) is 128 cm³/mol. The van der Waals surface area contributed by atoms with Gasteiger partial charge in [0.05, 0.1) is 6.04 Å². The van der Waals surface area contributed by atoms with Gasteiger partial charge in [0.2, 0.25) is 11.8 Å². The van der Waals surface area contributed by atoms with Crippen LogP contribution in [-0.2, 0) is 20.8 Å². The zero-order valence-electron chi connectivity index (χ0n) is 18.8. The van der Waals surface area contributed by atoms with Gasteiger partial charge in [0.15, 0.2) is 0 Å². The van der Waals surface area contributed by atoms with Crippen molar-refractivity contribution in [3.05, 3.63) is 70.7 Å². The first-order valence-corrected chi connectivity index (χ1v) is 11.4. The molecule has 0 spiro atoms. The highest BCUT2D eigenvalue weighted by Gasteiger charge is 2.26. The average molecular weight is 472 g/mol. The van der Waals surface area contributed by atoms with E-state index in [-0.39, 0.29) is 6.42 Å². The van der Waals surface area contributed by atoms with Crippen LogP contribution in [0.5, 0.6) is 0 Å². The number of hydrogen-bond acceptors (Lipinski definition) is 4. The van der Waals surface area contributed by atoms with Crippen molar-refractivity contribution >= 4 is 35.6 Å². The Labute approximate surface area is 199 Å². The molecule has 0 fully saturated rings. The van der Waals surface area contributed by atoms with E-state index in [1.165, 1.54) is 6.92 Å². The maximum Gasteiger partial charge on any atom is 0.251 e. The van der Waals surface area contributed by atoms with Gasteiger partial charge in [-0.05, 0) is 43.2 Å². The summed E-state index contributed by atoms with van der Waals surface area (Å²) >= 11 is 5.89. The highest BCUT2D eigenvalue weighted by Crippen LogP contribution is 2.11. The summed E-state index contributed by atoms with van der Waals surface area (Å²) in [7, 11) is 0. The molecule has 33 heavy (non-hydrogen) atoms. The number of carbonyl (C=O) groups is 4. The second-order valence-corrected chi connectivity index (χ2v) is 8.28. The third kappa shape index (κ3) is 8.69. The van der Waals surface area contributed by atoms with E-state index < -0.39 is 35.8 Å². The summed E-state index contributed by atoms with van der Waals surface area (Å²) in [6.45, 7) is 3.53. The Morgan fingerprint density at radius 3 is 2.21 bits per heavy atom. The molecule has 2 aromatic carbocycles. The van der Waals surface area contributed by atoms with E-state index in [0.717, 1.165) is 18.4 Å². The van der Waals surface area contributed by atoms with Gasteiger partial charge in [0.25, 0.3) is 5.91 Å². The summed E-state index contributed by atoms with van der Waals surface area (Å²) in [5, 5.41) is 8.54. The van der Waals surface area contributed by atoms with Crippen LogP contribution in [0.3, 0.4) is 0 Å². The number of aldehydes is 1. The average Bonchev–Trinajstić information content (AvgIpc) is 2.82. The van der Waals surface area contributed by atoms with Crippen molar-refractivity contribution in [2.75, 3.05) is 0 Å². The van der Waals surface area contributed by atoms with Crippen molar-refractivity contribution in [2.45, 2.75) is 57.7 Å². The molecule has 2 aromatic rings. The van der Waals surface area contributed by atoms with E-state index in [9.17, 15) is 19.2 Å². The second kappa shape index (κ2) is 13.4. The molecule has 176 valence electrons. The van der Waals surface area contributed by atoms with Gasteiger partial charge in [-0.2, -0.15) is 0 Å². The molecule has 2 rings (SSSR count). The number of nitrogens with one attached hydrogen (secondary N) is 3. The number of rotatable bonds is 12. The van der Waals surface area contributed by atoms with E-state index in [1.54, 1.807) is 24.3 Å². The summed E-state index contributed by atoms with van der Waals surface area (Å²) in [6.07, 6.45) is 3.20. The predicted octanol–water partition coefficient (Wildman–Crippen LogP) is 3.06. The minimum Gasteiger partial charge on any atom is -0.345 e. The van der Waals surface area contributed by atoms with E-state index in [0.29, 0.717) is 23.3 Å². The number of carbonyl (C=O) groups excluding carboxylic acids is 4. The van der Waals surface area contributed by atoms with Crippen molar-refractivity contribution in [2.24, 2.45) is 0 Å². The number of amides is 3. The van der Waals surface area contributed by atoms with E-state index >= 15 is 0 Å². The molecule has 0 saturated heterocycles. The van der Waals surface area contributed by atoms with Crippen molar-refractivity contribution in [3.63, 3.8) is 0 Å². The molecule has 0 aliphatic rings. The first kappa shape index (κ1) is 26.1. The van der Waals surface area contributed by atoms with Gasteiger partial charge in [-0.3, -0.25) is 14.4 Å². The van der Waals surface area contributed by atoms with E-state index in [1.807, 2.05) is 37.3 Å². The van der Waals surface area contributed by atoms with Crippen LogP contribution in [0.25, 0.3) is 0 Å². The Bertz CT molecular complexity index is 934. The van der Waals surface area contributed by atoms with Crippen LogP contribution in [0, 0.1) is 0 Å². The summed E-state index contributed by atoms with van der Waals surface area (Å²) in [6, 6.07) is 13.2. The smallest absolute Gasteiger partial charge is 0.251 e. The third-order valence-corrected chi connectivity index (χ3v) is 5.38. The number of halogens is 1. The molecule has 0 saturated carbocycles. The summed E-state index contributed by atoms with van der Waals surface area (Å²) in [5.41, 5.74) is 1.22. The van der Waals surface area contributed by atoms with Gasteiger partial charge < -0.3 is 20.7 Å². The summed E-state index contributed by atoms with van der Waals surface area (Å²) < 4.78 is 0. The molecule has 0 bridgehead atoms. The second-order valence-electron chi connectivity index (χ2n) is 7.85. The van der Waals surface area contributed by atoms with Gasteiger partial charge in [0.1, 0.15) is 18.4 Å². The van der Waals surface area contributed by atoms with Crippen LogP contribution in [0.2, 0.25) is 5.02 Å². The highest BCUT2D eigenvalue weighted by atomic mass is 35.5. The van der Waals surface area contributed by atoms with Crippen LogP contribution in [0.4, 0.5) is 0 Å². The Balaban J connectivity index is 2.08. The van der Waals surface area contributed by atoms with E-state index in [4.69, 9.17) is 11.6 Å². The molecule has 8 heteroatoms. The molecular formula is C25H30ClN3O4. The topological polar surface area (TPSA) is 104 Å². The standard InChI is InChI=1S/C25H30ClN3O4/c1-3-4-10-21(16-30)28-23(31)17(2)27-25(33)22(15-18-8-6-5-7-9-18)29-24(32)19-11-13-20(26)14-12-19/h5-9,11-14,16-17,21-22H,3-4,10,15H2,1-2H3,(H,27,33)(H,28,31)(H,29,32)/t17-,21-,22-/m0/s1. The Hall–Kier alpha value is -3.19. The minimum absolute atomic E-state index is 0.244. The van der Waals surface area contributed by atoms with Gasteiger partial charge >= 0.3 is 0 Å². The van der Waals surface area contributed by atoms with Crippen LogP contribution < -0.4 is 16.0 Å². The molecule has 3 N–H and O–H groups in total. The minimum atomic E-state index is -0.909. The number of hydrogen-bond donors (Lipinski definition) is 3. The third-order valence-electron chi connectivity index (χ3n) is 5.12. The van der Waals surface area contributed by atoms with Crippen molar-refractivity contribution in [3.8, 4) is 0 Å². The molecule has 0 aliphatic carbocycles. The first-order valence-electron chi connectivity index (χ1n) is 11.0. The fourth-order valence-corrected chi connectivity index (χ4v) is 3.31. The van der Waals surface area contributed by atoms with Crippen molar-refractivity contribution < 1.29 is 19.2 Å². The molecule has 0 unspecified atom stereocenters. The molecule has 0 aromatic heterocycles. The molecular weight excluding hydrogens is 442 g/mol. The lowest BCUT2D eigenvalue weighted by atomic mass is 10.0. The van der Waals surface area contributed by atoms with Gasteiger partial charge in [-0.1, -0.05) is 61.7 Å². The first-order chi connectivity index (χ1) is 15.8. The van der Waals surface area contributed by atoms with Crippen LogP contribution in [-0.4, -0.2) is 42.1 Å². The Kier molecular flexibility index (Phi) is 10.6. The Morgan fingerprint density at radius 1 is 0.939 bits per heavy atom. The fraction of sp³-hybridized carbons (Fsp3) is 0.360. The lowest BCUT2D eigenvalue weighted by Crippen LogP contribution is -2.54. The van der Waals surface area contributed by atoms with Crippen LogP contribution >= 0.6 is 11.6 Å². The van der Waals surface area contributed by atoms with Gasteiger partial charge in [-0.25, -0.2) is 0 Å². The van der Waals surface area contributed by atoms with Crippen molar-refractivity contribution in [1.82, 2.24) is 16.0 Å². The zero-order chi connectivity index (χ0) is 24.2. The zero-order valence-corrected chi connectivity index (χ0v) is 19.6. The summed E-state index contributed by atoms with van der Waals surface area (Å²) in [5.74, 6) is -1.39. The van der Waals surface area contributed by atoms with Gasteiger partial charge in [-0.15, -0.1) is 0 Å². The molecule has 3 atom stereocenters. The maximum absolute atomic E-state index is 13.0. The Morgan fingerprint density at radius 2 is 1.61 bits per heavy atom. The monoisotopic (exact) mass is 471 g/mol. The normalized spacial score (nSPS) is 13.3. The lowest BCUT2D eigenvalue weighted by molar-refractivity contribution is -0.130. The molecule has 3 amide bonds. The number of unbranched alkanes of at least 4 members (excludes halogenated alkanes) is 1. The molecule has 0 aliphatic heterocycles. The van der Waals surface area contributed by atoms with Crippen molar-refractivity contribution in [1.29, 1.82) is 0 Å². The molecule has 0 radical (unpaired) electrons. The molecule has 0 heterocycles. The fourth-order valence-electron chi connectivity index (χ4n) is 3.19. The van der Waals surface area contributed by atoms with Crippen LogP contribution in [0.1, 0.15) is 49.0 Å². The highest BCUT2D eigenvalue weighted by molar-refractivity contribution is 6.30. The summed E-state index contributed by atoms with van der Waals surface area (Å²) in [4.78, 5) is 49.4. The van der Waals surface area contributed by atoms with E-state index in [2.05, 4.69) is 16.0 Å². The largest absolute Gasteiger partial charge is 0.345 e. The quantitative estimate of drug-likeness (QED) is 0.414. The number of benzene rings is 2. The van der Waals surface area contributed by atoms with Gasteiger partial charge in [0, 0.05) is 17.0 Å².